The second-order valence-electron chi connectivity index (χ2n) is 4.09. The zero-order valence-electron chi connectivity index (χ0n) is 9.86. The number of fused-ring (bicyclic) bond motifs is 1. The maximum Gasteiger partial charge on any atom is 0.0843 e. The number of aromatic nitrogens is 1. The topological polar surface area (TPSA) is 24.9 Å². The lowest BCUT2D eigenvalue weighted by Crippen LogP contribution is -1.98. The first-order valence-electron chi connectivity index (χ1n) is 5.74. The number of benzene rings is 1. The molecule has 0 radical (unpaired) electrons. The fraction of sp³-hybridized carbons (Fsp3) is 0.0714. The van der Waals surface area contributed by atoms with Crippen LogP contribution in [0.15, 0.2) is 51.0 Å². The van der Waals surface area contributed by atoms with E-state index in [1.165, 1.54) is 10.3 Å². The number of rotatable bonds is 3. The van der Waals surface area contributed by atoms with Crippen LogP contribution < -0.4 is 5.32 Å². The highest BCUT2D eigenvalue weighted by molar-refractivity contribution is 9.13. The number of hydrogen-bond acceptors (Lipinski definition) is 3. The van der Waals surface area contributed by atoms with Crippen LogP contribution in [-0.2, 0) is 6.54 Å². The van der Waals surface area contributed by atoms with Gasteiger partial charge in [-0.3, -0.25) is 4.98 Å². The smallest absolute Gasteiger partial charge is 0.0843 e. The van der Waals surface area contributed by atoms with Crippen molar-refractivity contribution in [2.45, 2.75) is 6.54 Å². The van der Waals surface area contributed by atoms with Crippen LogP contribution in [-0.4, -0.2) is 4.98 Å². The molecule has 1 aromatic carbocycles. The molecule has 0 fully saturated rings. The fourth-order valence-corrected chi connectivity index (χ4v) is 4.04. The third-order valence-electron chi connectivity index (χ3n) is 2.83. The summed E-state index contributed by atoms with van der Waals surface area (Å²) in [5.41, 5.74) is 1.12. The molecule has 0 saturated heterocycles. The number of pyridine rings is 1. The van der Waals surface area contributed by atoms with E-state index in [1.807, 2.05) is 18.5 Å². The molecule has 0 spiro atoms. The predicted octanol–water partition coefficient (Wildman–Crippen LogP) is 5.43. The van der Waals surface area contributed by atoms with Gasteiger partial charge in [0.1, 0.15) is 0 Å². The summed E-state index contributed by atoms with van der Waals surface area (Å²) in [5, 5.41) is 5.83. The van der Waals surface area contributed by atoms with E-state index >= 15 is 0 Å². The van der Waals surface area contributed by atoms with Gasteiger partial charge in [-0.25, -0.2) is 0 Å². The van der Waals surface area contributed by atoms with Gasteiger partial charge in [0.05, 0.1) is 3.79 Å². The summed E-state index contributed by atoms with van der Waals surface area (Å²) >= 11 is 8.75. The van der Waals surface area contributed by atoms with Crippen molar-refractivity contribution in [2.24, 2.45) is 0 Å². The second kappa shape index (κ2) is 5.61. The van der Waals surface area contributed by atoms with E-state index in [2.05, 4.69) is 66.4 Å². The monoisotopic (exact) mass is 396 g/mol. The molecule has 5 heteroatoms. The molecule has 96 valence electrons. The van der Waals surface area contributed by atoms with Gasteiger partial charge >= 0.3 is 0 Å². The highest BCUT2D eigenvalue weighted by Gasteiger charge is 2.05. The average molecular weight is 398 g/mol. The van der Waals surface area contributed by atoms with E-state index in [0.717, 1.165) is 25.9 Å². The summed E-state index contributed by atoms with van der Waals surface area (Å²) in [4.78, 5) is 5.47. The minimum Gasteiger partial charge on any atom is -0.380 e. The third kappa shape index (κ3) is 2.83. The third-order valence-corrected chi connectivity index (χ3v) is 6.09. The zero-order valence-corrected chi connectivity index (χ0v) is 13.8. The molecule has 0 bridgehead atoms. The van der Waals surface area contributed by atoms with Crippen LogP contribution in [0.5, 0.6) is 0 Å². The van der Waals surface area contributed by atoms with Crippen molar-refractivity contribution in [3.8, 4) is 0 Å². The lowest BCUT2D eigenvalue weighted by molar-refractivity contribution is 1.20. The Labute approximate surface area is 132 Å². The Morgan fingerprint density at radius 2 is 2.11 bits per heavy atom. The van der Waals surface area contributed by atoms with Crippen LogP contribution in [0.3, 0.4) is 0 Å². The van der Waals surface area contributed by atoms with E-state index in [9.17, 15) is 0 Å². The van der Waals surface area contributed by atoms with Gasteiger partial charge in [0.25, 0.3) is 0 Å². The van der Waals surface area contributed by atoms with E-state index < -0.39 is 0 Å². The summed E-state index contributed by atoms with van der Waals surface area (Å²) in [6, 6.07) is 10.4. The molecule has 19 heavy (non-hydrogen) atoms. The quantitative estimate of drug-likeness (QED) is 0.636. The van der Waals surface area contributed by atoms with Crippen molar-refractivity contribution in [1.82, 2.24) is 4.98 Å². The summed E-state index contributed by atoms with van der Waals surface area (Å²) in [5.74, 6) is 0. The molecule has 0 aliphatic rings. The minimum absolute atomic E-state index is 0.808. The minimum atomic E-state index is 0.808. The molecule has 0 aliphatic heterocycles. The van der Waals surface area contributed by atoms with E-state index in [4.69, 9.17) is 0 Å². The van der Waals surface area contributed by atoms with Crippen LogP contribution in [0.1, 0.15) is 4.88 Å². The van der Waals surface area contributed by atoms with Crippen LogP contribution in [0.4, 0.5) is 5.69 Å². The largest absolute Gasteiger partial charge is 0.380 e. The molecule has 2 nitrogen and oxygen atoms in total. The molecule has 1 N–H and O–H groups in total. The maximum atomic E-state index is 4.19. The second-order valence-corrected chi connectivity index (χ2v) is 7.40. The highest BCUT2D eigenvalue weighted by atomic mass is 79.9. The molecular weight excluding hydrogens is 388 g/mol. The molecule has 0 atom stereocenters. The summed E-state index contributed by atoms with van der Waals surface area (Å²) < 4.78 is 2.23. The van der Waals surface area contributed by atoms with Crippen LogP contribution >= 0.6 is 43.2 Å². The standard InChI is InChI=1S/C14H10Br2N2S/c15-12-6-10(19-14(12)16)7-18-13-3-1-2-9-4-5-17-8-11(9)13/h1-6,8,18H,7H2. The van der Waals surface area contributed by atoms with Gasteiger partial charge in [-0.1, -0.05) is 12.1 Å². The first-order chi connectivity index (χ1) is 9.24. The number of hydrogen-bond donors (Lipinski definition) is 1. The first-order valence-corrected chi connectivity index (χ1v) is 8.14. The van der Waals surface area contributed by atoms with Gasteiger partial charge in [0.2, 0.25) is 0 Å². The number of nitrogens with one attached hydrogen (secondary N) is 1. The normalized spacial score (nSPS) is 10.8. The SMILES string of the molecule is Brc1cc(CNc2cccc3ccncc23)sc1Br. The summed E-state index contributed by atoms with van der Waals surface area (Å²) in [6.07, 6.45) is 3.72. The molecule has 2 aromatic heterocycles. The number of halogens is 2. The van der Waals surface area contributed by atoms with Gasteiger partial charge in [0, 0.05) is 39.4 Å². The van der Waals surface area contributed by atoms with Crippen molar-refractivity contribution in [3.05, 3.63) is 55.9 Å². The molecule has 2 heterocycles. The van der Waals surface area contributed by atoms with E-state index in [1.54, 1.807) is 11.3 Å². The predicted molar refractivity (Wildman–Crippen MR) is 88.8 cm³/mol. The highest BCUT2D eigenvalue weighted by Crippen LogP contribution is 2.33. The van der Waals surface area contributed by atoms with Gasteiger partial charge in [-0.15, -0.1) is 11.3 Å². The Hall–Kier alpha value is -0.910. The Bertz CT molecular complexity index is 700. The molecule has 0 amide bonds. The molecular formula is C14H10Br2N2S. The van der Waals surface area contributed by atoms with Gasteiger partial charge in [0.15, 0.2) is 0 Å². The van der Waals surface area contributed by atoms with Crippen molar-refractivity contribution in [1.29, 1.82) is 0 Å². The number of nitrogens with zero attached hydrogens (tertiary/aromatic N) is 1. The van der Waals surface area contributed by atoms with Gasteiger partial charge in [-0.05, 0) is 55.4 Å². The Balaban J connectivity index is 1.85. The number of anilines is 1. The van der Waals surface area contributed by atoms with Crippen molar-refractivity contribution >= 4 is 59.7 Å². The Morgan fingerprint density at radius 1 is 1.21 bits per heavy atom. The van der Waals surface area contributed by atoms with Crippen LogP contribution in [0, 0.1) is 0 Å². The van der Waals surface area contributed by atoms with Crippen molar-refractivity contribution < 1.29 is 0 Å². The molecule has 3 rings (SSSR count). The molecule has 0 aliphatic carbocycles. The maximum absolute atomic E-state index is 4.19. The lowest BCUT2D eigenvalue weighted by atomic mass is 10.1. The summed E-state index contributed by atoms with van der Waals surface area (Å²) in [6.45, 7) is 0.808. The first kappa shape index (κ1) is 13.1. The molecule has 0 unspecified atom stereocenters. The average Bonchev–Trinajstić information content (AvgIpc) is 2.75. The fourth-order valence-electron chi connectivity index (χ4n) is 1.93. The van der Waals surface area contributed by atoms with Gasteiger partial charge < -0.3 is 5.32 Å². The lowest BCUT2D eigenvalue weighted by Gasteiger charge is -2.08. The number of thiophene rings is 1. The van der Waals surface area contributed by atoms with Gasteiger partial charge in [-0.2, -0.15) is 0 Å². The zero-order chi connectivity index (χ0) is 13.2. The molecule has 3 aromatic rings. The van der Waals surface area contributed by atoms with E-state index in [-0.39, 0.29) is 0 Å². The van der Waals surface area contributed by atoms with Crippen molar-refractivity contribution in [2.75, 3.05) is 5.32 Å². The van der Waals surface area contributed by atoms with Crippen LogP contribution in [0.25, 0.3) is 10.8 Å². The van der Waals surface area contributed by atoms with Crippen LogP contribution in [0.2, 0.25) is 0 Å². The Kier molecular flexibility index (Phi) is 3.86. The summed E-state index contributed by atoms with van der Waals surface area (Å²) in [7, 11) is 0. The molecule has 0 saturated carbocycles. The van der Waals surface area contributed by atoms with E-state index in [0.29, 0.717) is 0 Å². The van der Waals surface area contributed by atoms with Crippen molar-refractivity contribution in [3.63, 3.8) is 0 Å². The Morgan fingerprint density at radius 3 is 2.89 bits per heavy atom.